The van der Waals surface area contributed by atoms with Crippen LogP contribution in [0.15, 0.2) is 18.2 Å². The van der Waals surface area contributed by atoms with Crippen molar-refractivity contribution in [2.75, 3.05) is 0 Å². The molecular formula is C13H19FN2. The van der Waals surface area contributed by atoms with Gasteiger partial charge in [0.1, 0.15) is 5.82 Å². The van der Waals surface area contributed by atoms with Gasteiger partial charge in [-0.3, -0.25) is 11.3 Å². The Bertz CT molecular complexity index is 359. The molecule has 1 fully saturated rings. The van der Waals surface area contributed by atoms with E-state index in [9.17, 15) is 4.39 Å². The normalized spacial score (nSPS) is 18.9. The fourth-order valence-electron chi connectivity index (χ4n) is 2.67. The number of nitrogens with one attached hydrogen (secondary N) is 1. The number of aryl methyl sites for hydroxylation is 1. The van der Waals surface area contributed by atoms with Crippen LogP contribution in [0.1, 0.15) is 42.9 Å². The van der Waals surface area contributed by atoms with Crippen LogP contribution in [0.2, 0.25) is 0 Å². The summed E-state index contributed by atoms with van der Waals surface area (Å²) < 4.78 is 13.8. The molecule has 3 heteroatoms. The minimum Gasteiger partial charge on any atom is -0.271 e. The van der Waals surface area contributed by atoms with Crippen LogP contribution < -0.4 is 11.3 Å². The number of hydrogen-bond donors (Lipinski definition) is 2. The molecule has 0 saturated heterocycles. The molecule has 1 aromatic carbocycles. The van der Waals surface area contributed by atoms with Crippen LogP contribution in [-0.4, -0.2) is 0 Å². The van der Waals surface area contributed by atoms with Gasteiger partial charge < -0.3 is 0 Å². The molecule has 0 aromatic heterocycles. The maximum atomic E-state index is 13.8. The number of benzene rings is 1. The molecule has 0 bridgehead atoms. The summed E-state index contributed by atoms with van der Waals surface area (Å²) in [7, 11) is 0. The van der Waals surface area contributed by atoms with E-state index in [1.54, 1.807) is 6.07 Å². The van der Waals surface area contributed by atoms with E-state index in [4.69, 9.17) is 5.84 Å². The summed E-state index contributed by atoms with van der Waals surface area (Å²) in [5.41, 5.74) is 4.58. The van der Waals surface area contributed by atoms with Crippen molar-refractivity contribution in [3.63, 3.8) is 0 Å². The van der Waals surface area contributed by atoms with Crippen molar-refractivity contribution in [3.8, 4) is 0 Å². The van der Waals surface area contributed by atoms with Crippen LogP contribution >= 0.6 is 0 Å². The van der Waals surface area contributed by atoms with Crippen molar-refractivity contribution in [2.24, 2.45) is 11.8 Å². The summed E-state index contributed by atoms with van der Waals surface area (Å²) in [5.74, 6) is 5.91. The molecule has 0 aliphatic heterocycles. The van der Waals surface area contributed by atoms with E-state index in [0.717, 1.165) is 24.0 Å². The highest BCUT2D eigenvalue weighted by Crippen LogP contribution is 2.36. The zero-order valence-electron chi connectivity index (χ0n) is 9.67. The minimum absolute atomic E-state index is 0.0394. The predicted molar refractivity (Wildman–Crippen MR) is 63.2 cm³/mol. The van der Waals surface area contributed by atoms with Gasteiger partial charge in [-0.15, -0.1) is 0 Å². The highest BCUT2D eigenvalue weighted by Gasteiger charge is 2.27. The van der Waals surface area contributed by atoms with Gasteiger partial charge in [-0.2, -0.15) is 0 Å². The summed E-state index contributed by atoms with van der Waals surface area (Å²) in [4.78, 5) is 0. The molecular weight excluding hydrogens is 203 g/mol. The van der Waals surface area contributed by atoms with E-state index in [1.807, 2.05) is 13.0 Å². The monoisotopic (exact) mass is 222 g/mol. The molecule has 1 aliphatic rings. The fourth-order valence-corrected chi connectivity index (χ4v) is 2.67. The zero-order valence-corrected chi connectivity index (χ0v) is 9.67. The average molecular weight is 222 g/mol. The van der Waals surface area contributed by atoms with Gasteiger partial charge in [-0.05, 0) is 31.7 Å². The van der Waals surface area contributed by atoms with Gasteiger partial charge in [0.15, 0.2) is 0 Å². The summed E-state index contributed by atoms with van der Waals surface area (Å²) >= 11 is 0. The predicted octanol–water partition coefficient (Wildman–Crippen LogP) is 2.83. The van der Waals surface area contributed by atoms with E-state index >= 15 is 0 Å². The molecule has 1 aromatic rings. The average Bonchev–Trinajstić information content (AvgIpc) is 2.78. The van der Waals surface area contributed by atoms with Crippen LogP contribution in [0.25, 0.3) is 0 Å². The lowest BCUT2D eigenvalue weighted by atomic mass is 9.91. The first-order chi connectivity index (χ1) is 7.72. The van der Waals surface area contributed by atoms with E-state index in [1.165, 1.54) is 18.9 Å². The van der Waals surface area contributed by atoms with Gasteiger partial charge in [-0.25, -0.2) is 4.39 Å². The molecule has 0 radical (unpaired) electrons. The third kappa shape index (κ3) is 2.25. The summed E-state index contributed by atoms with van der Waals surface area (Å²) in [5, 5.41) is 0. The molecule has 1 unspecified atom stereocenters. The Morgan fingerprint density at radius 3 is 2.69 bits per heavy atom. The molecule has 16 heavy (non-hydrogen) atoms. The molecule has 1 atom stereocenters. The SMILES string of the molecule is Cc1ccc(F)c(C(NN)C2CCCC2)c1. The second kappa shape index (κ2) is 4.93. The van der Waals surface area contributed by atoms with Crippen LogP contribution in [0.4, 0.5) is 4.39 Å². The molecule has 1 saturated carbocycles. The lowest BCUT2D eigenvalue weighted by Crippen LogP contribution is -2.33. The van der Waals surface area contributed by atoms with Crippen molar-refractivity contribution < 1.29 is 4.39 Å². The highest BCUT2D eigenvalue weighted by atomic mass is 19.1. The van der Waals surface area contributed by atoms with Crippen LogP contribution in [-0.2, 0) is 0 Å². The Kier molecular flexibility index (Phi) is 3.56. The Hall–Kier alpha value is -0.930. The largest absolute Gasteiger partial charge is 0.271 e. The van der Waals surface area contributed by atoms with Crippen molar-refractivity contribution >= 4 is 0 Å². The minimum atomic E-state index is -0.152. The first-order valence-corrected chi connectivity index (χ1v) is 5.94. The van der Waals surface area contributed by atoms with Crippen LogP contribution in [0.3, 0.4) is 0 Å². The Balaban J connectivity index is 2.28. The van der Waals surface area contributed by atoms with E-state index in [2.05, 4.69) is 5.43 Å². The summed E-state index contributed by atoms with van der Waals surface area (Å²) in [6, 6.07) is 5.19. The Morgan fingerprint density at radius 1 is 1.38 bits per heavy atom. The number of hydrazine groups is 1. The number of rotatable bonds is 3. The van der Waals surface area contributed by atoms with Gasteiger partial charge >= 0.3 is 0 Å². The molecule has 0 heterocycles. The molecule has 3 N–H and O–H groups in total. The number of nitrogens with two attached hydrogens (primary N) is 1. The van der Waals surface area contributed by atoms with Gasteiger partial charge in [0.2, 0.25) is 0 Å². The van der Waals surface area contributed by atoms with E-state index < -0.39 is 0 Å². The van der Waals surface area contributed by atoms with Crippen molar-refractivity contribution in [2.45, 2.75) is 38.6 Å². The molecule has 2 nitrogen and oxygen atoms in total. The second-order valence-corrected chi connectivity index (χ2v) is 4.71. The third-order valence-corrected chi connectivity index (χ3v) is 3.54. The highest BCUT2D eigenvalue weighted by molar-refractivity contribution is 5.27. The lowest BCUT2D eigenvalue weighted by molar-refractivity contribution is 0.362. The summed E-state index contributed by atoms with van der Waals surface area (Å²) in [6.45, 7) is 1.98. The molecule has 2 rings (SSSR count). The lowest BCUT2D eigenvalue weighted by Gasteiger charge is -2.23. The zero-order chi connectivity index (χ0) is 11.5. The Morgan fingerprint density at radius 2 is 2.06 bits per heavy atom. The molecule has 0 spiro atoms. The number of halogens is 1. The van der Waals surface area contributed by atoms with Gasteiger partial charge in [0, 0.05) is 5.56 Å². The van der Waals surface area contributed by atoms with E-state index in [-0.39, 0.29) is 11.9 Å². The second-order valence-electron chi connectivity index (χ2n) is 4.71. The maximum absolute atomic E-state index is 13.8. The van der Waals surface area contributed by atoms with Gasteiger partial charge in [0.25, 0.3) is 0 Å². The van der Waals surface area contributed by atoms with Crippen LogP contribution in [0.5, 0.6) is 0 Å². The fraction of sp³-hybridized carbons (Fsp3) is 0.538. The third-order valence-electron chi connectivity index (χ3n) is 3.54. The Labute approximate surface area is 96.0 Å². The van der Waals surface area contributed by atoms with Gasteiger partial charge in [0.05, 0.1) is 6.04 Å². The topological polar surface area (TPSA) is 38.0 Å². The first kappa shape index (κ1) is 11.6. The maximum Gasteiger partial charge on any atom is 0.128 e. The van der Waals surface area contributed by atoms with E-state index in [0.29, 0.717) is 5.92 Å². The molecule has 0 amide bonds. The van der Waals surface area contributed by atoms with Crippen molar-refractivity contribution in [1.82, 2.24) is 5.43 Å². The summed E-state index contributed by atoms with van der Waals surface area (Å²) in [6.07, 6.45) is 4.75. The van der Waals surface area contributed by atoms with Crippen molar-refractivity contribution in [1.29, 1.82) is 0 Å². The quantitative estimate of drug-likeness (QED) is 0.609. The standard InChI is InChI=1S/C13H19FN2/c1-9-6-7-12(14)11(8-9)13(16-15)10-4-2-3-5-10/h6-8,10,13,16H,2-5,15H2,1H3. The van der Waals surface area contributed by atoms with Gasteiger partial charge in [-0.1, -0.05) is 30.5 Å². The molecule has 1 aliphatic carbocycles. The molecule has 88 valence electrons. The smallest absolute Gasteiger partial charge is 0.128 e. The number of hydrogen-bond acceptors (Lipinski definition) is 2. The van der Waals surface area contributed by atoms with Crippen molar-refractivity contribution in [3.05, 3.63) is 35.1 Å². The van der Waals surface area contributed by atoms with Crippen LogP contribution in [0, 0.1) is 18.7 Å². The first-order valence-electron chi connectivity index (χ1n) is 5.94.